The fraction of sp³-hybridized carbons (Fsp3) is 0.302. The van der Waals surface area contributed by atoms with Crippen LogP contribution in [0.3, 0.4) is 0 Å². The van der Waals surface area contributed by atoms with Gasteiger partial charge in [0.25, 0.3) is 0 Å². The highest BCUT2D eigenvalue weighted by molar-refractivity contribution is 5.86. The van der Waals surface area contributed by atoms with Gasteiger partial charge < -0.3 is 4.90 Å². The van der Waals surface area contributed by atoms with Crippen LogP contribution in [0.15, 0.2) is 121 Å². The number of anilines is 3. The standard InChI is InChI=1S/C43H45N/c1-3-29-43(30-4-2)41-18-12-11-17-39(41)40-28-27-38(31-42(40)43)44(36-23-19-34(20-24-36)32-13-7-5-8-14-32)37-25-21-35(22-26-37)33-15-9-6-10-16-33/h5,7-8,11-14,17-28,31,33H,3-4,6,9-10,15-16,29-30H2,1-2H3. The van der Waals surface area contributed by atoms with Crippen LogP contribution < -0.4 is 4.90 Å². The van der Waals surface area contributed by atoms with Gasteiger partial charge >= 0.3 is 0 Å². The van der Waals surface area contributed by atoms with Gasteiger partial charge in [0, 0.05) is 22.5 Å². The minimum absolute atomic E-state index is 0.0686. The summed E-state index contributed by atoms with van der Waals surface area (Å²) in [6, 6.07) is 45.8. The van der Waals surface area contributed by atoms with Crippen LogP contribution in [0.25, 0.3) is 22.3 Å². The first kappa shape index (κ1) is 28.7. The van der Waals surface area contributed by atoms with E-state index in [2.05, 4.69) is 140 Å². The highest BCUT2D eigenvalue weighted by atomic mass is 15.1. The van der Waals surface area contributed by atoms with Crippen molar-refractivity contribution >= 4 is 17.1 Å². The van der Waals surface area contributed by atoms with Crippen molar-refractivity contribution in [3.05, 3.63) is 138 Å². The zero-order valence-corrected chi connectivity index (χ0v) is 26.4. The van der Waals surface area contributed by atoms with Gasteiger partial charge in [0.2, 0.25) is 0 Å². The molecule has 0 spiro atoms. The molecule has 0 atom stereocenters. The smallest absolute Gasteiger partial charge is 0.0465 e. The van der Waals surface area contributed by atoms with Gasteiger partial charge in [0.15, 0.2) is 0 Å². The summed E-state index contributed by atoms with van der Waals surface area (Å²) in [6.45, 7) is 4.69. The maximum absolute atomic E-state index is 2.53. The van der Waals surface area contributed by atoms with Gasteiger partial charge in [0.05, 0.1) is 0 Å². The fourth-order valence-corrected chi connectivity index (χ4v) is 8.31. The van der Waals surface area contributed by atoms with Gasteiger partial charge in [-0.15, -0.1) is 0 Å². The predicted molar refractivity (Wildman–Crippen MR) is 188 cm³/mol. The summed E-state index contributed by atoms with van der Waals surface area (Å²) >= 11 is 0. The van der Waals surface area contributed by atoms with Crippen LogP contribution in [0.4, 0.5) is 17.1 Å². The molecule has 2 aliphatic rings. The lowest BCUT2D eigenvalue weighted by Gasteiger charge is -2.33. The third-order valence-corrected chi connectivity index (χ3v) is 10.3. The summed E-state index contributed by atoms with van der Waals surface area (Å²) in [4.78, 5) is 2.48. The van der Waals surface area contributed by atoms with Crippen LogP contribution in [0.1, 0.15) is 94.2 Å². The molecule has 0 amide bonds. The van der Waals surface area contributed by atoms with Crippen molar-refractivity contribution in [1.29, 1.82) is 0 Å². The lowest BCUT2D eigenvalue weighted by molar-refractivity contribution is 0.436. The average Bonchev–Trinajstić information content (AvgIpc) is 3.35. The van der Waals surface area contributed by atoms with Crippen molar-refractivity contribution in [2.45, 2.75) is 83.0 Å². The van der Waals surface area contributed by atoms with Crippen molar-refractivity contribution in [3.8, 4) is 22.3 Å². The van der Waals surface area contributed by atoms with E-state index in [1.807, 2.05) is 0 Å². The van der Waals surface area contributed by atoms with Gasteiger partial charge in [0.1, 0.15) is 0 Å². The molecule has 0 aliphatic heterocycles. The molecule has 1 saturated carbocycles. The van der Waals surface area contributed by atoms with Crippen molar-refractivity contribution in [2.24, 2.45) is 0 Å². The van der Waals surface area contributed by atoms with Gasteiger partial charge in [-0.2, -0.15) is 0 Å². The molecule has 5 aromatic carbocycles. The molecule has 7 rings (SSSR count). The number of hydrogen-bond donors (Lipinski definition) is 0. The van der Waals surface area contributed by atoms with Crippen LogP contribution in [0, 0.1) is 0 Å². The zero-order valence-electron chi connectivity index (χ0n) is 26.4. The first-order valence-corrected chi connectivity index (χ1v) is 17.0. The molecule has 0 heterocycles. The Kier molecular flexibility index (Phi) is 8.13. The molecule has 0 N–H and O–H groups in total. The van der Waals surface area contributed by atoms with Crippen molar-refractivity contribution in [2.75, 3.05) is 4.90 Å². The summed E-state index contributed by atoms with van der Waals surface area (Å²) in [6.07, 6.45) is 11.5. The Morgan fingerprint density at radius 1 is 0.545 bits per heavy atom. The molecule has 0 aromatic heterocycles. The maximum Gasteiger partial charge on any atom is 0.0465 e. The molecular formula is C43H45N. The zero-order chi connectivity index (χ0) is 29.9. The quantitative estimate of drug-likeness (QED) is 0.169. The van der Waals surface area contributed by atoms with E-state index >= 15 is 0 Å². The Balaban J connectivity index is 1.34. The van der Waals surface area contributed by atoms with E-state index in [0.717, 1.165) is 0 Å². The van der Waals surface area contributed by atoms with E-state index in [1.54, 1.807) is 0 Å². The lowest BCUT2D eigenvalue weighted by atomic mass is 9.71. The van der Waals surface area contributed by atoms with Crippen molar-refractivity contribution in [1.82, 2.24) is 0 Å². The average molecular weight is 576 g/mol. The molecular weight excluding hydrogens is 530 g/mol. The fourth-order valence-electron chi connectivity index (χ4n) is 8.31. The highest BCUT2D eigenvalue weighted by Gasteiger charge is 2.42. The third-order valence-electron chi connectivity index (χ3n) is 10.3. The molecule has 2 aliphatic carbocycles. The number of nitrogens with zero attached hydrogens (tertiary/aromatic N) is 1. The first-order valence-electron chi connectivity index (χ1n) is 17.0. The lowest BCUT2D eigenvalue weighted by Crippen LogP contribution is -2.25. The molecule has 0 saturated heterocycles. The summed E-state index contributed by atoms with van der Waals surface area (Å²) in [7, 11) is 0. The second-order valence-corrected chi connectivity index (χ2v) is 13.0. The van der Waals surface area contributed by atoms with E-state index in [0.29, 0.717) is 5.92 Å². The molecule has 0 unspecified atom stereocenters. The van der Waals surface area contributed by atoms with Crippen LogP contribution in [0.5, 0.6) is 0 Å². The number of benzene rings is 5. The SMILES string of the molecule is CCCC1(CCC)c2ccccc2-c2ccc(N(c3ccc(-c4ccccc4)cc3)c3ccc(C4CCCCC4)cc3)cc21. The van der Waals surface area contributed by atoms with Gasteiger partial charge in [-0.1, -0.05) is 131 Å². The Morgan fingerprint density at radius 2 is 1.11 bits per heavy atom. The van der Waals surface area contributed by atoms with Gasteiger partial charge in [-0.05, 0) is 107 Å². The number of hydrogen-bond acceptors (Lipinski definition) is 1. The second kappa shape index (κ2) is 12.5. The summed E-state index contributed by atoms with van der Waals surface area (Å²) in [5, 5.41) is 0. The highest BCUT2D eigenvalue weighted by Crippen LogP contribution is 2.55. The molecule has 1 heteroatoms. The first-order chi connectivity index (χ1) is 21.7. The Morgan fingerprint density at radius 3 is 1.80 bits per heavy atom. The van der Waals surface area contributed by atoms with Crippen LogP contribution >= 0.6 is 0 Å². The van der Waals surface area contributed by atoms with Crippen LogP contribution in [0.2, 0.25) is 0 Å². The Labute approximate surface area is 264 Å². The topological polar surface area (TPSA) is 3.24 Å². The Hall–Kier alpha value is -4.10. The van der Waals surface area contributed by atoms with Crippen molar-refractivity contribution < 1.29 is 0 Å². The molecule has 5 aromatic rings. The van der Waals surface area contributed by atoms with Crippen LogP contribution in [-0.2, 0) is 5.41 Å². The molecule has 1 nitrogen and oxygen atoms in total. The van der Waals surface area contributed by atoms with E-state index < -0.39 is 0 Å². The summed E-state index contributed by atoms with van der Waals surface area (Å²) in [5.74, 6) is 0.707. The molecule has 1 fully saturated rings. The normalized spacial score (nSPS) is 15.5. The van der Waals surface area contributed by atoms with Gasteiger partial charge in [-0.3, -0.25) is 0 Å². The van der Waals surface area contributed by atoms with Crippen LogP contribution in [-0.4, -0.2) is 0 Å². The second-order valence-electron chi connectivity index (χ2n) is 13.0. The van der Waals surface area contributed by atoms with Gasteiger partial charge in [-0.25, -0.2) is 0 Å². The van der Waals surface area contributed by atoms with E-state index in [9.17, 15) is 0 Å². The van der Waals surface area contributed by atoms with Crippen molar-refractivity contribution in [3.63, 3.8) is 0 Å². The minimum atomic E-state index is 0.0686. The monoisotopic (exact) mass is 575 g/mol. The van der Waals surface area contributed by atoms with E-state index in [1.165, 1.54) is 114 Å². The summed E-state index contributed by atoms with van der Waals surface area (Å²) in [5.41, 5.74) is 13.6. The Bertz CT molecular complexity index is 1690. The minimum Gasteiger partial charge on any atom is -0.310 e. The number of fused-ring (bicyclic) bond motifs is 3. The molecule has 0 radical (unpaired) electrons. The molecule has 222 valence electrons. The molecule has 44 heavy (non-hydrogen) atoms. The maximum atomic E-state index is 2.53. The van der Waals surface area contributed by atoms with E-state index in [-0.39, 0.29) is 5.41 Å². The largest absolute Gasteiger partial charge is 0.310 e. The third kappa shape index (κ3) is 5.17. The predicted octanol–water partition coefficient (Wildman–Crippen LogP) is 12.7. The summed E-state index contributed by atoms with van der Waals surface area (Å²) < 4.78 is 0. The van der Waals surface area contributed by atoms with E-state index in [4.69, 9.17) is 0 Å². The number of rotatable bonds is 9. The molecule has 0 bridgehead atoms.